The predicted octanol–water partition coefficient (Wildman–Crippen LogP) is 2.55. The van der Waals surface area contributed by atoms with E-state index >= 15 is 0 Å². The van der Waals surface area contributed by atoms with Gasteiger partial charge in [-0.2, -0.15) is 0 Å². The smallest absolute Gasteiger partial charge is 0.261 e. The van der Waals surface area contributed by atoms with Crippen molar-refractivity contribution >= 4 is 44.5 Å². The SMILES string of the molecule is CC(CNC(=O)c1cc2ccccc2s1)C(N)=S. The summed E-state index contributed by atoms with van der Waals surface area (Å²) in [5.41, 5.74) is 5.50. The van der Waals surface area contributed by atoms with E-state index in [9.17, 15) is 4.79 Å². The number of hydrogen-bond acceptors (Lipinski definition) is 3. The van der Waals surface area contributed by atoms with Gasteiger partial charge in [-0.15, -0.1) is 11.3 Å². The van der Waals surface area contributed by atoms with Crippen LogP contribution in [0.5, 0.6) is 0 Å². The maximum Gasteiger partial charge on any atom is 0.261 e. The van der Waals surface area contributed by atoms with Crippen LogP contribution in [-0.4, -0.2) is 17.4 Å². The molecule has 94 valence electrons. The fraction of sp³-hybridized carbons (Fsp3) is 0.231. The van der Waals surface area contributed by atoms with Crippen LogP contribution in [0.25, 0.3) is 10.1 Å². The average molecular weight is 278 g/mol. The minimum absolute atomic E-state index is 0.0123. The van der Waals surface area contributed by atoms with Crippen molar-refractivity contribution in [3.8, 4) is 0 Å². The average Bonchev–Trinajstić information content (AvgIpc) is 2.79. The fourth-order valence-corrected chi connectivity index (χ4v) is 2.59. The molecule has 2 rings (SSSR count). The largest absolute Gasteiger partial charge is 0.393 e. The number of carbonyl (C=O) groups is 1. The quantitative estimate of drug-likeness (QED) is 0.845. The van der Waals surface area contributed by atoms with Crippen LogP contribution in [0, 0.1) is 5.92 Å². The topological polar surface area (TPSA) is 55.1 Å². The molecule has 0 saturated carbocycles. The number of fused-ring (bicyclic) bond motifs is 1. The van der Waals surface area contributed by atoms with Crippen LogP contribution in [0.1, 0.15) is 16.6 Å². The summed E-state index contributed by atoms with van der Waals surface area (Å²) in [5.74, 6) is -0.0578. The molecule has 2 aromatic rings. The molecule has 3 nitrogen and oxygen atoms in total. The molecule has 0 spiro atoms. The monoisotopic (exact) mass is 278 g/mol. The number of thiocarbonyl (C=S) groups is 1. The third-order valence-electron chi connectivity index (χ3n) is 2.70. The van der Waals surface area contributed by atoms with Crippen LogP contribution < -0.4 is 11.1 Å². The lowest BCUT2D eigenvalue weighted by molar-refractivity contribution is 0.0955. The molecule has 1 aromatic heterocycles. The first kappa shape index (κ1) is 13.0. The zero-order valence-corrected chi connectivity index (χ0v) is 11.6. The van der Waals surface area contributed by atoms with Gasteiger partial charge >= 0.3 is 0 Å². The lowest BCUT2D eigenvalue weighted by Gasteiger charge is -2.09. The molecule has 0 aliphatic rings. The van der Waals surface area contributed by atoms with Crippen molar-refractivity contribution in [2.45, 2.75) is 6.92 Å². The molecule has 1 heterocycles. The third kappa shape index (κ3) is 2.86. The molecule has 5 heteroatoms. The van der Waals surface area contributed by atoms with Crippen molar-refractivity contribution in [1.29, 1.82) is 0 Å². The lowest BCUT2D eigenvalue weighted by atomic mass is 10.2. The summed E-state index contributed by atoms with van der Waals surface area (Å²) < 4.78 is 1.12. The van der Waals surface area contributed by atoms with E-state index in [2.05, 4.69) is 5.32 Å². The minimum Gasteiger partial charge on any atom is -0.393 e. The Bertz CT molecular complexity index is 558. The molecule has 0 bridgehead atoms. The molecule has 1 amide bonds. The van der Waals surface area contributed by atoms with Crippen molar-refractivity contribution in [2.24, 2.45) is 11.7 Å². The van der Waals surface area contributed by atoms with Crippen LogP contribution in [0.2, 0.25) is 0 Å². The number of nitrogens with one attached hydrogen (secondary N) is 1. The Morgan fingerprint density at radius 3 is 2.89 bits per heavy atom. The normalized spacial score (nSPS) is 12.3. The molecule has 0 radical (unpaired) electrons. The van der Waals surface area contributed by atoms with Gasteiger partial charge in [-0.25, -0.2) is 0 Å². The molecular formula is C13H14N2OS2. The van der Waals surface area contributed by atoms with E-state index in [0.717, 1.165) is 10.1 Å². The van der Waals surface area contributed by atoms with Crippen molar-refractivity contribution in [3.05, 3.63) is 35.2 Å². The first-order valence-corrected chi connectivity index (χ1v) is 6.86. The van der Waals surface area contributed by atoms with Gasteiger partial charge < -0.3 is 11.1 Å². The number of hydrogen-bond donors (Lipinski definition) is 2. The Kier molecular flexibility index (Phi) is 3.93. The van der Waals surface area contributed by atoms with Crippen LogP contribution in [0.15, 0.2) is 30.3 Å². The Labute approximate surface area is 115 Å². The van der Waals surface area contributed by atoms with Crippen LogP contribution in [-0.2, 0) is 0 Å². The fourth-order valence-electron chi connectivity index (χ4n) is 1.53. The molecule has 0 aliphatic heterocycles. The highest BCUT2D eigenvalue weighted by Crippen LogP contribution is 2.24. The van der Waals surface area contributed by atoms with Gasteiger partial charge in [0.2, 0.25) is 0 Å². The molecule has 1 aromatic carbocycles. The highest BCUT2D eigenvalue weighted by atomic mass is 32.1. The van der Waals surface area contributed by atoms with Crippen molar-refractivity contribution in [3.63, 3.8) is 0 Å². The first-order valence-electron chi connectivity index (χ1n) is 5.64. The Morgan fingerprint density at radius 1 is 1.50 bits per heavy atom. The third-order valence-corrected chi connectivity index (χ3v) is 4.22. The van der Waals surface area contributed by atoms with Crippen LogP contribution >= 0.6 is 23.6 Å². The van der Waals surface area contributed by atoms with Gasteiger partial charge in [0, 0.05) is 17.2 Å². The van der Waals surface area contributed by atoms with Gasteiger partial charge in [0.15, 0.2) is 0 Å². The molecule has 3 N–H and O–H groups in total. The Hall–Kier alpha value is -1.46. The Balaban J connectivity index is 2.07. The summed E-state index contributed by atoms with van der Waals surface area (Å²) in [5, 5.41) is 3.94. The highest BCUT2D eigenvalue weighted by molar-refractivity contribution is 7.80. The second-order valence-electron chi connectivity index (χ2n) is 4.16. The maximum absolute atomic E-state index is 12.0. The molecule has 1 unspecified atom stereocenters. The zero-order chi connectivity index (χ0) is 13.1. The summed E-state index contributed by atoms with van der Waals surface area (Å²) in [6, 6.07) is 9.84. The van der Waals surface area contributed by atoms with E-state index in [0.29, 0.717) is 16.4 Å². The highest BCUT2D eigenvalue weighted by Gasteiger charge is 2.12. The number of nitrogens with two attached hydrogens (primary N) is 1. The van der Waals surface area contributed by atoms with E-state index in [1.165, 1.54) is 11.3 Å². The maximum atomic E-state index is 12.0. The van der Waals surface area contributed by atoms with Gasteiger partial charge in [0.1, 0.15) is 0 Å². The number of benzene rings is 1. The molecular weight excluding hydrogens is 264 g/mol. The van der Waals surface area contributed by atoms with Crippen LogP contribution in [0.3, 0.4) is 0 Å². The summed E-state index contributed by atoms with van der Waals surface area (Å²) in [6.07, 6.45) is 0. The van der Waals surface area contributed by atoms with E-state index in [1.807, 2.05) is 37.3 Å². The van der Waals surface area contributed by atoms with E-state index in [-0.39, 0.29) is 11.8 Å². The molecule has 0 aliphatic carbocycles. The van der Waals surface area contributed by atoms with Gasteiger partial charge in [0.25, 0.3) is 5.91 Å². The van der Waals surface area contributed by atoms with Crippen molar-refractivity contribution < 1.29 is 4.79 Å². The first-order chi connectivity index (χ1) is 8.58. The second kappa shape index (κ2) is 5.46. The van der Waals surface area contributed by atoms with Gasteiger partial charge in [-0.1, -0.05) is 37.3 Å². The standard InChI is InChI=1S/C13H14N2OS2/c1-8(12(14)17)7-15-13(16)11-6-9-4-2-3-5-10(9)18-11/h2-6,8H,7H2,1H3,(H2,14,17)(H,15,16). The van der Waals surface area contributed by atoms with E-state index < -0.39 is 0 Å². The molecule has 18 heavy (non-hydrogen) atoms. The number of rotatable bonds is 4. The Morgan fingerprint density at radius 2 is 2.22 bits per heavy atom. The van der Waals surface area contributed by atoms with Crippen molar-refractivity contribution in [1.82, 2.24) is 5.32 Å². The van der Waals surface area contributed by atoms with E-state index in [4.69, 9.17) is 18.0 Å². The second-order valence-corrected chi connectivity index (χ2v) is 5.72. The zero-order valence-electron chi connectivity index (χ0n) is 9.97. The summed E-state index contributed by atoms with van der Waals surface area (Å²) >= 11 is 6.36. The van der Waals surface area contributed by atoms with Crippen LogP contribution in [0.4, 0.5) is 0 Å². The summed E-state index contributed by atoms with van der Waals surface area (Å²) in [7, 11) is 0. The lowest BCUT2D eigenvalue weighted by Crippen LogP contribution is -2.33. The van der Waals surface area contributed by atoms with Gasteiger partial charge in [-0.3, -0.25) is 4.79 Å². The minimum atomic E-state index is -0.0701. The predicted molar refractivity (Wildman–Crippen MR) is 80.1 cm³/mol. The molecule has 1 atom stereocenters. The van der Waals surface area contributed by atoms with Gasteiger partial charge in [0.05, 0.1) is 9.87 Å². The summed E-state index contributed by atoms with van der Waals surface area (Å²) in [4.78, 5) is 13.1. The summed E-state index contributed by atoms with van der Waals surface area (Å²) in [6.45, 7) is 2.37. The molecule has 0 fully saturated rings. The number of amides is 1. The number of thiophene rings is 1. The van der Waals surface area contributed by atoms with E-state index in [1.54, 1.807) is 0 Å². The molecule has 0 saturated heterocycles. The number of carbonyl (C=O) groups excluding carboxylic acids is 1. The van der Waals surface area contributed by atoms with Crippen molar-refractivity contribution in [2.75, 3.05) is 6.54 Å². The van der Waals surface area contributed by atoms with Gasteiger partial charge in [-0.05, 0) is 17.5 Å².